The normalized spacial score (nSPS) is 19.9. The van der Waals surface area contributed by atoms with Crippen LogP contribution >= 0.6 is 27.3 Å². The SMILES string of the molecule is COc1cc2c(cc1OC(C)C)-c1ccc(C(=O)N3CCCN(C(=O)C4(Br)CCC4)CC3)n1C(c1cccs1)C2. The molecule has 9 heteroatoms. The Morgan fingerprint density at radius 2 is 1.80 bits per heavy atom. The number of halogens is 1. The lowest BCUT2D eigenvalue weighted by Gasteiger charge is -2.38. The van der Waals surface area contributed by atoms with Gasteiger partial charge in [0.1, 0.15) is 10.0 Å². The van der Waals surface area contributed by atoms with Crippen molar-refractivity contribution in [3.63, 3.8) is 0 Å². The van der Waals surface area contributed by atoms with Crippen LogP contribution in [0.4, 0.5) is 0 Å². The van der Waals surface area contributed by atoms with E-state index in [9.17, 15) is 9.59 Å². The number of carbonyl (C=O) groups is 2. The summed E-state index contributed by atoms with van der Waals surface area (Å²) in [7, 11) is 1.67. The third-order valence-electron chi connectivity index (χ3n) is 8.36. The van der Waals surface area contributed by atoms with Gasteiger partial charge in [-0.1, -0.05) is 22.0 Å². The number of hydrogen-bond donors (Lipinski definition) is 0. The summed E-state index contributed by atoms with van der Waals surface area (Å²) in [5, 5.41) is 2.09. The summed E-state index contributed by atoms with van der Waals surface area (Å²) < 4.78 is 13.6. The van der Waals surface area contributed by atoms with Crippen LogP contribution in [0.1, 0.15) is 66.5 Å². The first-order valence-electron chi connectivity index (χ1n) is 14.2. The van der Waals surface area contributed by atoms with E-state index >= 15 is 0 Å². The van der Waals surface area contributed by atoms with Gasteiger partial charge in [-0.3, -0.25) is 9.59 Å². The number of rotatable bonds is 6. The highest BCUT2D eigenvalue weighted by Gasteiger charge is 2.44. The predicted molar refractivity (Wildman–Crippen MR) is 161 cm³/mol. The highest BCUT2D eigenvalue weighted by molar-refractivity contribution is 9.10. The highest BCUT2D eigenvalue weighted by atomic mass is 79.9. The van der Waals surface area contributed by atoms with E-state index in [2.05, 4.69) is 56.2 Å². The predicted octanol–water partition coefficient (Wildman–Crippen LogP) is 6.15. The van der Waals surface area contributed by atoms with Gasteiger partial charge in [-0.25, -0.2) is 0 Å². The zero-order valence-corrected chi connectivity index (χ0v) is 25.7. The average molecular weight is 627 g/mol. The second-order valence-corrected chi connectivity index (χ2v) is 13.8. The molecule has 2 aliphatic heterocycles. The van der Waals surface area contributed by atoms with Crippen molar-refractivity contribution in [2.45, 2.75) is 62.4 Å². The minimum Gasteiger partial charge on any atom is -0.493 e. The molecule has 2 fully saturated rings. The largest absolute Gasteiger partial charge is 0.493 e. The van der Waals surface area contributed by atoms with Gasteiger partial charge >= 0.3 is 0 Å². The molecule has 40 heavy (non-hydrogen) atoms. The molecule has 0 bridgehead atoms. The van der Waals surface area contributed by atoms with Crippen LogP contribution in [0.2, 0.25) is 0 Å². The molecular weight excluding hydrogens is 590 g/mol. The number of carbonyl (C=O) groups excluding carboxylic acids is 2. The van der Waals surface area contributed by atoms with Crippen LogP contribution in [0.25, 0.3) is 11.3 Å². The number of thiophene rings is 1. The fourth-order valence-corrected chi connectivity index (χ4v) is 7.80. The second kappa shape index (κ2) is 10.9. The maximum Gasteiger partial charge on any atom is 0.270 e. The Morgan fingerprint density at radius 3 is 2.48 bits per heavy atom. The van der Waals surface area contributed by atoms with Gasteiger partial charge in [-0.05, 0) is 87.2 Å². The van der Waals surface area contributed by atoms with Crippen LogP contribution in [0.3, 0.4) is 0 Å². The maximum atomic E-state index is 14.1. The van der Waals surface area contributed by atoms with E-state index in [1.54, 1.807) is 18.4 Å². The molecule has 6 rings (SSSR count). The Balaban J connectivity index is 1.33. The molecule has 0 spiro atoms. The Morgan fingerprint density at radius 1 is 1.02 bits per heavy atom. The first-order chi connectivity index (χ1) is 19.3. The number of alkyl halides is 1. The summed E-state index contributed by atoms with van der Waals surface area (Å²) in [4.78, 5) is 32.3. The number of benzene rings is 1. The van der Waals surface area contributed by atoms with Crippen molar-refractivity contribution in [3.8, 4) is 22.8 Å². The summed E-state index contributed by atoms with van der Waals surface area (Å²) in [6.45, 7) is 6.45. The van der Waals surface area contributed by atoms with Crippen LogP contribution < -0.4 is 9.47 Å². The average Bonchev–Trinajstić information content (AvgIpc) is 3.56. The fourth-order valence-electron chi connectivity index (χ4n) is 6.17. The van der Waals surface area contributed by atoms with Crippen molar-refractivity contribution in [2.75, 3.05) is 33.3 Å². The number of fused-ring (bicyclic) bond motifs is 3. The van der Waals surface area contributed by atoms with E-state index in [1.165, 1.54) is 10.4 Å². The number of ether oxygens (including phenoxy) is 2. The van der Waals surface area contributed by atoms with E-state index in [1.807, 2.05) is 29.7 Å². The summed E-state index contributed by atoms with van der Waals surface area (Å²) in [6, 6.07) is 12.4. The molecule has 0 radical (unpaired) electrons. The zero-order chi connectivity index (χ0) is 28.0. The summed E-state index contributed by atoms with van der Waals surface area (Å²) >= 11 is 5.40. The first-order valence-corrected chi connectivity index (χ1v) is 15.9. The van der Waals surface area contributed by atoms with Gasteiger partial charge in [0.15, 0.2) is 11.5 Å². The van der Waals surface area contributed by atoms with Gasteiger partial charge in [0, 0.05) is 42.3 Å². The molecule has 2 amide bonds. The van der Waals surface area contributed by atoms with Gasteiger partial charge in [-0.15, -0.1) is 11.3 Å². The van der Waals surface area contributed by atoms with E-state index in [0.717, 1.165) is 49.1 Å². The molecule has 1 aliphatic carbocycles. The lowest BCUT2D eigenvalue weighted by Crippen LogP contribution is -2.50. The minimum atomic E-state index is -0.394. The van der Waals surface area contributed by atoms with Crippen molar-refractivity contribution in [1.82, 2.24) is 14.4 Å². The number of nitrogens with zero attached hydrogens (tertiary/aromatic N) is 3. The summed E-state index contributed by atoms with van der Waals surface area (Å²) in [5.74, 6) is 1.64. The third-order valence-corrected chi connectivity index (χ3v) is 10.5. The number of hydrogen-bond acceptors (Lipinski definition) is 5. The zero-order valence-electron chi connectivity index (χ0n) is 23.3. The molecule has 1 saturated carbocycles. The van der Waals surface area contributed by atoms with Crippen molar-refractivity contribution in [2.24, 2.45) is 0 Å². The van der Waals surface area contributed by atoms with Gasteiger partial charge in [0.05, 0.1) is 19.3 Å². The lowest BCUT2D eigenvalue weighted by molar-refractivity contribution is -0.135. The molecule has 1 aromatic carbocycles. The molecule has 1 saturated heterocycles. The molecule has 212 valence electrons. The Labute approximate surface area is 248 Å². The van der Waals surface area contributed by atoms with Crippen molar-refractivity contribution >= 4 is 39.1 Å². The number of amides is 2. The molecule has 3 aliphatic rings. The standard InChI is InChI=1S/C31H36BrN3O4S/c1-20(2)39-27-19-22-21(18-26(27)38-3)17-25(28-7-4-16-40-28)35-23(22)8-9-24(35)29(36)33-12-6-13-34(15-14-33)30(37)31(32)10-5-11-31/h4,7-9,16,18-20,25H,5-6,10-15,17H2,1-3H3. The summed E-state index contributed by atoms with van der Waals surface area (Å²) in [5.41, 5.74) is 3.95. The monoisotopic (exact) mass is 625 g/mol. The number of methoxy groups -OCH3 is 1. The van der Waals surface area contributed by atoms with Crippen molar-refractivity contribution < 1.29 is 19.1 Å². The van der Waals surface area contributed by atoms with Gasteiger partial charge in [0.25, 0.3) is 5.91 Å². The lowest BCUT2D eigenvalue weighted by atomic mass is 9.84. The molecule has 3 aromatic rings. The molecule has 7 nitrogen and oxygen atoms in total. The van der Waals surface area contributed by atoms with E-state index in [4.69, 9.17) is 9.47 Å². The molecule has 1 atom stereocenters. The van der Waals surface area contributed by atoms with Crippen molar-refractivity contribution in [1.29, 1.82) is 0 Å². The smallest absolute Gasteiger partial charge is 0.270 e. The van der Waals surface area contributed by atoms with Crippen LogP contribution in [-0.2, 0) is 11.2 Å². The molecule has 1 unspecified atom stereocenters. The molecule has 4 heterocycles. The van der Waals surface area contributed by atoms with Crippen molar-refractivity contribution in [3.05, 3.63) is 57.9 Å². The highest BCUT2D eigenvalue weighted by Crippen LogP contribution is 2.45. The van der Waals surface area contributed by atoms with Gasteiger partial charge in [-0.2, -0.15) is 0 Å². The first kappa shape index (κ1) is 27.4. The van der Waals surface area contributed by atoms with E-state index in [-0.39, 0.29) is 24.0 Å². The van der Waals surface area contributed by atoms with Gasteiger partial charge in [0.2, 0.25) is 5.91 Å². The molecule has 0 N–H and O–H groups in total. The van der Waals surface area contributed by atoms with E-state index in [0.29, 0.717) is 37.6 Å². The molecule has 2 aromatic heterocycles. The van der Waals surface area contributed by atoms with E-state index < -0.39 is 4.32 Å². The van der Waals surface area contributed by atoms with Crippen LogP contribution in [0.15, 0.2) is 41.8 Å². The molecular formula is C31H36BrN3O4S. The van der Waals surface area contributed by atoms with Crippen LogP contribution in [0, 0.1) is 0 Å². The van der Waals surface area contributed by atoms with Crippen LogP contribution in [-0.4, -0.2) is 69.9 Å². The number of aromatic nitrogens is 1. The summed E-state index contributed by atoms with van der Waals surface area (Å²) in [6.07, 6.45) is 4.41. The Bertz CT molecular complexity index is 1410. The Hall–Kier alpha value is -2.78. The van der Waals surface area contributed by atoms with Crippen LogP contribution in [0.5, 0.6) is 11.5 Å². The fraction of sp³-hybridized carbons (Fsp3) is 0.484. The third kappa shape index (κ3) is 4.85. The topological polar surface area (TPSA) is 64.0 Å². The Kier molecular flexibility index (Phi) is 7.46. The van der Waals surface area contributed by atoms with Gasteiger partial charge < -0.3 is 23.8 Å². The second-order valence-electron chi connectivity index (χ2n) is 11.3. The quantitative estimate of drug-likeness (QED) is 0.308. The maximum absolute atomic E-state index is 14.1. The minimum absolute atomic E-state index is 0.00921.